The summed E-state index contributed by atoms with van der Waals surface area (Å²) in [6.45, 7) is 1.42. The number of carbonyl (C=O) groups is 1. The number of aromatic nitrogens is 4. The molecule has 9 heteroatoms. The van der Waals surface area contributed by atoms with E-state index in [9.17, 15) is 18.0 Å². The predicted octanol–water partition coefficient (Wildman–Crippen LogP) is 1.69. The third kappa shape index (κ3) is 2.54. The van der Waals surface area contributed by atoms with Gasteiger partial charge in [0.1, 0.15) is 0 Å². The Morgan fingerprint density at radius 1 is 1.37 bits per heavy atom. The predicted molar refractivity (Wildman–Crippen MR) is 55.9 cm³/mol. The van der Waals surface area contributed by atoms with E-state index in [1.54, 1.807) is 0 Å². The quantitative estimate of drug-likeness (QED) is 0.899. The van der Waals surface area contributed by atoms with E-state index in [-0.39, 0.29) is 17.2 Å². The van der Waals surface area contributed by atoms with Gasteiger partial charge in [-0.15, -0.1) is 0 Å². The normalized spacial score (nSPS) is 11.6. The van der Waals surface area contributed by atoms with Gasteiger partial charge < -0.3 is 5.11 Å². The Morgan fingerprint density at radius 2 is 2.05 bits per heavy atom. The maximum Gasteiger partial charge on any atom is 0.419 e. The molecule has 2 heterocycles. The fraction of sp³-hybridized carbons (Fsp3) is 0.200. The second-order valence-corrected chi connectivity index (χ2v) is 3.65. The molecule has 0 amide bonds. The van der Waals surface area contributed by atoms with E-state index in [0.717, 1.165) is 17.1 Å². The molecule has 0 radical (unpaired) electrons. The summed E-state index contributed by atoms with van der Waals surface area (Å²) in [5, 5.41) is 12.3. The molecule has 0 atom stereocenters. The van der Waals surface area contributed by atoms with E-state index >= 15 is 0 Å². The van der Waals surface area contributed by atoms with Crippen molar-refractivity contribution in [2.45, 2.75) is 13.1 Å². The van der Waals surface area contributed by atoms with Crippen molar-refractivity contribution in [2.24, 2.45) is 0 Å². The molecule has 0 aliphatic carbocycles. The highest BCUT2D eigenvalue weighted by molar-refractivity contribution is 5.88. The summed E-state index contributed by atoms with van der Waals surface area (Å²) in [6.07, 6.45) is -2.11. The van der Waals surface area contributed by atoms with Gasteiger partial charge in [-0.25, -0.2) is 19.4 Å². The Kier molecular flexibility index (Phi) is 2.97. The Hall–Kier alpha value is -2.45. The Balaban J connectivity index is 2.40. The van der Waals surface area contributed by atoms with Crippen molar-refractivity contribution < 1.29 is 23.1 Å². The molecule has 0 saturated heterocycles. The van der Waals surface area contributed by atoms with Crippen molar-refractivity contribution in [2.75, 3.05) is 0 Å². The zero-order valence-electron chi connectivity index (χ0n) is 9.51. The maximum atomic E-state index is 12.4. The van der Waals surface area contributed by atoms with Gasteiger partial charge in [0, 0.05) is 12.4 Å². The van der Waals surface area contributed by atoms with Crippen LogP contribution in [-0.2, 0) is 6.18 Å². The highest BCUT2D eigenvalue weighted by Gasteiger charge is 2.32. The van der Waals surface area contributed by atoms with E-state index in [0.29, 0.717) is 6.20 Å². The number of carboxylic acids is 1. The number of alkyl halides is 3. The zero-order chi connectivity index (χ0) is 14.2. The van der Waals surface area contributed by atoms with Crippen LogP contribution in [-0.4, -0.2) is 30.8 Å². The maximum absolute atomic E-state index is 12.4. The van der Waals surface area contributed by atoms with Crippen LogP contribution in [0, 0.1) is 6.92 Å². The van der Waals surface area contributed by atoms with Crippen molar-refractivity contribution in [3.63, 3.8) is 0 Å². The van der Waals surface area contributed by atoms with E-state index in [4.69, 9.17) is 5.11 Å². The number of nitrogens with zero attached hydrogens (tertiary/aromatic N) is 4. The number of halogens is 3. The molecule has 0 saturated carbocycles. The average molecular weight is 272 g/mol. The second-order valence-electron chi connectivity index (χ2n) is 3.65. The van der Waals surface area contributed by atoms with Crippen molar-refractivity contribution in [3.05, 3.63) is 35.4 Å². The van der Waals surface area contributed by atoms with Crippen molar-refractivity contribution in [3.8, 4) is 5.95 Å². The van der Waals surface area contributed by atoms with E-state index in [2.05, 4.69) is 15.1 Å². The summed E-state index contributed by atoms with van der Waals surface area (Å²) in [5.41, 5.74) is -0.912. The number of rotatable bonds is 2. The van der Waals surface area contributed by atoms with Gasteiger partial charge in [0.2, 0.25) is 0 Å². The third-order valence-electron chi connectivity index (χ3n) is 2.31. The van der Waals surface area contributed by atoms with Crippen LogP contribution in [0.15, 0.2) is 18.6 Å². The van der Waals surface area contributed by atoms with Crippen LogP contribution in [0.3, 0.4) is 0 Å². The monoisotopic (exact) mass is 272 g/mol. The lowest BCUT2D eigenvalue weighted by molar-refractivity contribution is -0.137. The standard InChI is InChI=1S/C10H7F3N4O2/c1-5-7(8(18)19)3-14-9(16-5)17-4-6(2-15-17)10(11,12)13/h2-4H,1H3,(H,18,19). The van der Waals surface area contributed by atoms with Gasteiger partial charge in [-0.05, 0) is 6.92 Å². The lowest BCUT2D eigenvalue weighted by atomic mass is 10.2. The minimum Gasteiger partial charge on any atom is -0.478 e. The third-order valence-corrected chi connectivity index (χ3v) is 2.31. The lowest BCUT2D eigenvalue weighted by Crippen LogP contribution is -2.08. The number of aryl methyl sites for hydroxylation is 1. The van der Waals surface area contributed by atoms with Crippen LogP contribution >= 0.6 is 0 Å². The van der Waals surface area contributed by atoms with Gasteiger partial charge in [0.05, 0.1) is 23.0 Å². The van der Waals surface area contributed by atoms with Crippen molar-refractivity contribution >= 4 is 5.97 Å². The molecule has 1 N–H and O–H groups in total. The average Bonchev–Trinajstić information content (AvgIpc) is 2.76. The number of hydrogen-bond donors (Lipinski definition) is 1. The summed E-state index contributed by atoms with van der Waals surface area (Å²) in [4.78, 5) is 18.2. The van der Waals surface area contributed by atoms with Crippen LogP contribution in [0.25, 0.3) is 5.95 Å². The molecule has 19 heavy (non-hydrogen) atoms. The summed E-state index contributed by atoms with van der Waals surface area (Å²) in [7, 11) is 0. The topological polar surface area (TPSA) is 80.9 Å². The van der Waals surface area contributed by atoms with Gasteiger partial charge >= 0.3 is 12.1 Å². The summed E-state index contributed by atoms with van der Waals surface area (Å²) >= 11 is 0. The molecule has 0 fully saturated rings. The number of carboxylic acid groups (broad SMARTS) is 1. The van der Waals surface area contributed by atoms with Gasteiger partial charge in [0.15, 0.2) is 0 Å². The first-order valence-corrected chi connectivity index (χ1v) is 4.98. The van der Waals surface area contributed by atoms with Gasteiger partial charge in [-0.2, -0.15) is 18.3 Å². The van der Waals surface area contributed by atoms with Crippen LogP contribution in [0.5, 0.6) is 0 Å². The van der Waals surface area contributed by atoms with Gasteiger partial charge in [0.25, 0.3) is 5.95 Å². The molecule has 100 valence electrons. The Labute approximate surface area is 104 Å². The Morgan fingerprint density at radius 3 is 2.53 bits per heavy atom. The summed E-state index contributed by atoms with van der Waals surface area (Å²) in [6, 6.07) is 0. The molecule has 2 aromatic rings. The summed E-state index contributed by atoms with van der Waals surface area (Å²) in [5.74, 6) is -1.33. The molecular formula is C10H7F3N4O2. The molecule has 6 nitrogen and oxygen atoms in total. The minimum atomic E-state index is -4.51. The first kappa shape index (κ1) is 13.0. The van der Waals surface area contributed by atoms with Crippen LogP contribution in [0.2, 0.25) is 0 Å². The number of aromatic carboxylic acids is 1. The SMILES string of the molecule is Cc1nc(-n2cc(C(F)(F)F)cn2)ncc1C(=O)O. The first-order chi connectivity index (χ1) is 8.79. The highest BCUT2D eigenvalue weighted by Crippen LogP contribution is 2.28. The fourth-order valence-electron chi connectivity index (χ4n) is 1.35. The van der Waals surface area contributed by atoms with E-state index < -0.39 is 17.7 Å². The first-order valence-electron chi connectivity index (χ1n) is 4.98. The smallest absolute Gasteiger partial charge is 0.419 e. The molecule has 2 rings (SSSR count). The van der Waals surface area contributed by atoms with E-state index in [1.807, 2.05) is 0 Å². The Bertz CT molecular complexity index is 636. The molecule has 0 aromatic carbocycles. The molecule has 2 aromatic heterocycles. The van der Waals surface area contributed by atoms with Crippen molar-refractivity contribution in [1.29, 1.82) is 0 Å². The largest absolute Gasteiger partial charge is 0.478 e. The molecule has 0 bridgehead atoms. The fourth-order valence-corrected chi connectivity index (χ4v) is 1.35. The molecule has 0 aliphatic rings. The second kappa shape index (κ2) is 4.34. The molecule has 0 spiro atoms. The minimum absolute atomic E-state index is 0.119. The molecule has 0 unspecified atom stereocenters. The summed E-state index contributed by atoms with van der Waals surface area (Å²) < 4.78 is 38.0. The van der Waals surface area contributed by atoms with Crippen LogP contribution in [0.4, 0.5) is 13.2 Å². The number of hydrogen-bond acceptors (Lipinski definition) is 4. The zero-order valence-corrected chi connectivity index (χ0v) is 9.51. The van der Waals surface area contributed by atoms with E-state index in [1.165, 1.54) is 6.92 Å². The molecular weight excluding hydrogens is 265 g/mol. The van der Waals surface area contributed by atoms with Gasteiger partial charge in [-0.1, -0.05) is 0 Å². The van der Waals surface area contributed by atoms with Crippen LogP contribution < -0.4 is 0 Å². The highest BCUT2D eigenvalue weighted by atomic mass is 19.4. The van der Waals surface area contributed by atoms with Crippen molar-refractivity contribution in [1.82, 2.24) is 19.7 Å². The lowest BCUT2D eigenvalue weighted by Gasteiger charge is -2.03. The molecule has 0 aliphatic heterocycles. The van der Waals surface area contributed by atoms with Crippen LogP contribution in [0.1, 0.15) is 21.6 Å². The van der Waals surface area contributed by atoms with Gasteiger partial charge in [-0.3, -0.25) is 0 Å².